The predicted octanol–water partition coefficient (Wildman–Crippen LogP) is 1.74. The Morgan fingerprint density at radius 3 is 2.80 bits per heavy atom. The van der Waals surface area contributed by atoms with Crippen molar-refractivity contribution in [3.8, 4) is 0 Å². The Bertz CT molecular complexity index is 341. The Labute approximate surface area is 88.4 Å². The largest absolute Gasteiger partial charge is 0.378 e. The van der Waals surface area contributed by atoms with E-state index in [9.17, 15) is 10.1 Å². The number of hydrogen-bond acceptors (Lipinski definition) is 4. The quantitative estimate of drug-likeness (QED) is 0.571. The molecule has 0 saturated heterocycles. The van der Waals surface area contributed by atoms with Crippen LogP contribution in [-0.4, -0.2) is 17.5 Å². The molecule has 0 aliphatic carbocycles. The average molecular weight is 209 g/mol. The van der Waals surface area contributed by atoms with Crippen LogP contribution in [0.2, 0.25) is 0 Å². The monoisotopic (exact) mass is 209 g/mol. The second kappa shape index (κ2) is 5.31. The normalized spacial score (nSPS) is 12.1. The van der Waals surface area contributed by atoms with Gasteiger partial charge in [0.2, 0.25) is 0 Å². The topological polar surface area (TPSA) is 81.2 Å². The molecule has 5 heteroatoms. The molecule has 1 aromatic rings. The van der Waals surface area contributed by atoms with E-state index in [1.54, 1.807) is 18.2 Å². The van der Waals surface area contributed by atoms with E-state index in [0.717, 1.165) is 6.42 Å². The van der Waals surface area contributed by atoms with Crippen LogP contribution < -0.4 is 11.1 Å². The maximum absolute atomic E-state index is 10.7. The lowest BCUT2D eigenvalue weighted by Crippen LogP contribution is -2.28. The van der Waals surface area contributed by atoms with Crippen LogP contribution in [0, 0.1) is 10.1 Å². The highest BCUT2D eigenvalue weighted by Crippen LogP contribution is 2.22. The molecule has 1 rings (SSSR count). The van der Waals surface area contributed by atoms with Gasteiger partial charge < -0.3 is 11.1 Å². The standard InChI is InChI=1S/C10H15N3O2/c1-2-8(11)7-12-9-5-3-4-6-10(9)13(14)15/h3-6,8,12H,2,7,11H2,1H3. The van der Waals surface area contributed by atoms with Crippen molar-refractivity contribution in [2.24, 2.45) is 5.73 Å². The summed E-state index contributed by atoms with van der Waals surface area (Å²) in [6.45, 7) is 2.52. The number of hydrogen-bond donors (Lipinski definition) is 2. The van der Waals surface area contributed by atoms with Crippen molar-refractivity contribution in [1.82, 2.24) is 0 Å². The highest BCUT2D eigenvalue weighted by Gasteiger charge is 2.11. The van der Waals surface area contributed by atoms with Crippen LogP contribution >= 0.6 is 0 Å². The molecule has 1 unspecified atom stereocenters. The molecular formula is C10H15N3O2. The van der Waals surface area contributed by atoms with Gasteiger partial charge in [0, 0.05) is 18.7 Å². The van der Waals surface area contributed by atoms with Crippen molar-refractivity contribution in [2.45, 2.75) is 19.4 Å². The first-order valence-corrected chi connectivity index (χ1v) is 4.88. The molecule has 1 aromatic carbocycles. The molecular weight excluding hydrogens is 194 g/mol. The van der Waals surface area contributed by atoms with E-state index in [1.165, 1.54) is 6.07 Å². The zero-order chi connectivity index (χ0) is 11.3. The maximum Gasteiger partial charge on any atom is 0.292 e. The van der Waals surface area contributed by atoms with Crippen LogP contribution in [0.1, 0.15) is 13.3 Å². The molecule has 5 nitrogen and oxygen atoms in total. The lowest BCUT2D eigenvalue weighted by atomic mass is 10.2. The molecule has 1 atom stereocenters. The number of para-hydroxylation sites is 2. The van der Waals surface area contributed by atoms with E-state index < -0.39 is 4.92 Å². The van der Waals surface area contributed by atoms with Crippen LogP contribution in [0.25, 0.3) is 0 Å². The smallest absolute Gasteiger partial charge is 0.292 e. The summed E-state index contributed by atoms with van der Waals surface area (Å²) in [5, 5.41) is 13.6. The first kappa shape index (κ1) is 11.5. The van der Waals surface area contributed by atoms with E-state index in [-0.39, 0.29) is 11.7 Å². The number of anilines is 1. The molecule has 0 aromatic heterocycles. The van der Waals surface area contributed by atoms with Gasteiger partial charge in [-0.3, -0.25) is 10.1 Å². The van der Waals surface area contributed by atoms with E-state index in [4.69, 9.17) is 5.73 Å². The molecule has 0 radical (unpaired) electrons. The molecule has 0 aliphatic heterocycles. The van der Waals surface area contributed by atoms with Gasteiger partial charge in [0.15, 0.2) is 0 Å². The van der Waals surface area contributed by atoms with E-state index >= 15 is 0 Å². The van der Waals surface area contributed by atoms with Gasteiger partial charge in [0.25, 0.3) is 5.69 Å². The SMILES string of the molecule is CCC(N)CNc1ccccc1[N+](=O)[O-]. The second-order valence-corrected chi connectivity index (χ2v) is 3.32. The van der Waals surface area contributed by atoms with Crippen molar-refractivity contribution in [3.05, 3.63) is 34.4 Å². The fourth-order valence-electron chi connectivity index (χ4n) is 1.17. The van der Waals surface area contributed by atoms with E-state index in [2.05, 4.69) is 5.32 Å². The lowest BCUT2D eigenvalue weighted by molar-refractivity contribution is -0.384. The van der Waals surface area contributed by atoms with Gasteiger partial charge >= 0.3 is 0 Å². The molecule has 0 bridgehead atoms. The summed E-state index contributed by atoms with van der Waals surface area (Å²) in [6.07, 6.45) is 0.841. The van der Waals surface area contributed by atoms with Crippen LogP contribution in [0.3, 0.4) is 0 Å². The highest BCUT2D eigenvalue weighted by atomic mass is 16.6. The number of nitro benzene ring substituents is 1. The van der Waals surface area contributed by atoms with Gasteiger partial charge in [-0.05, 0) is 12.5 Å². The number of nitrogens with one attached hydrogen (secondary N) is 1. The Morgan fingerprint density at radius 1 is 1.53 bits per heavy atom. The minimum absolute atomic E-state index is 0.0183. The minimum atomic E-state index is -0.403. The van der Waals surface area contributed by atoms with Crippen molar-refractivity contribution >= 4 is 11.4 Å². The number of benzene rings is 1. The van der Waals surface area contributed by atoms with Gasteiger partial charge in [0.1, 0.15) is 5.69 Å². The Balaban J connectivity index is 2.72. The number of nitrogens with two attached hydrogens (primary N) is 1. The van der Waals surface area contributed by atoms with Gasteiger partial charge in [-0.15, -0.1) is 0 Å². The van der Waals surface area contributed by atoms with Crippen LogP contribution in [0.4, 0.5) is 11.4 Å². The molecule has 0 fully saturated rings. The van der Waals surface area contributed by atoms with Gasteiger partial charge in [-0.1, -0.05) is 19.1 Å². The third kappa shape index (κ3) is 3.21. The van der Waals surface area contributed by atoms with E-state index in [0.29, 0.717) is 12.2 Å². The average Bonchev–Trinajstić information content (AvgIpc) is 2.26. The molecule has 0 heterocycles. The zero-order valence-electron chi connectivity index (χ0n) is 8.64. The summed E-state index contributed by atoms with van der Waals surface area (Å²) in [5.41, 5.74) is 6.32. The van der Waals surface area contributed by atoms with E-state index in [1.807, 2.05) is 6.92 Å². The Kier molecular flexibility index (Phi) is 4.05. The highest BCUT2D eigenvalue weighted by molar-refractivity contribution is 5.61. The third-order valence-electron chi connectivity index (χ3n) is 2.18. The molecule has 82 valence electrons. The molecule has 0 saturated carbocycles. The van der Waals surface area contributed by atoms with Crippen molar-refractivity contribution in [3.63, 3.8) is 0 Å². The number of nitrogens with zero attached hydrogens (tertiary/aromatic N) is 1. The third-order valence-corrected chi connectivity index (χ3v) is 2.18. The van der Waals surface area contributed by atoms with Crippen LogP contribution in [0.15, 0.2) is 24.3 Å². The fourth-order valence-corrected chi connectivity index (χ4v) is 1.17. The number of nitro groups is 1. The first-order valence-electron chi connectivity index (χ1n) is 4.88. The Hall–Kier alpha value is -1.62. The summed E-state index contributed by atoms with van der Waals surface area (Å²) in [7, 11) is 0. The summed E-state index contributed by atoms with van der Waals surface area (Å²) >= 11 is 0. The predicted molar refractivity (Wildman–Crippen MR) is 59.9 cm³/mol. The first-order chi connectivity index (χ1) is 7.15. The minimum Gasteiger partial charge on any atom is -0.378 e. The van der Waals surface area contributed by atoms with Crippen LogP contribution in [0.5, 0.6) is 0 Å². The molecule has 3 N–H and O–H groups in total. The van der Waals surface area contributed by atoms with Gasteiger partial charge in [-0.25, -0.2) is 0 Å². The molecule has 0 spiro atoms. The molecule has 15 heavy (non-hydrogen) atoms. The Morgan fingerprint density at radius 2 is 2.20 bits per heavy atom. The maximum atomic E-state index is 10.7. The van der Waals surface area contributed by atoms with Crippen molar-refractivity contribution in [2.75, 3.05) is 11.9 Å². The zero-order valence-corrected chi connectivity index (χ0v) is 8.64. The number of rotatable bonds is 5. The second-order valence-electron chi connectivity index (χ2n) is 3.32. The van der Waals surface area contributed by atoms with Crippen LogP contribution in [-0.2, 0) is 0 Å². The molecule has 0 aliphatic rings. The fraction of sp³-hybridized carbons (Fsp3) is 0.400. The summed E-state index contributed by atoms with van der Waals surface area (Å²) in [5.74, 6) is 0. The van der Waals surface area contributed by atoms with Crippen molar-refractivity contribution < 1.29 is 4.92 Å². The van der Waals surface area contributed by atoms with Gasteiger partial charge in [-0.2, -0.15) is 0 Å². The summed E-state index contributed by atoms with van der Waals surface area (Å²) in [6, 6.07) is 6.57. The summed E-state index contributed by atoms with van der Waals surface area (Å²) < 4.78 is 0. The van der Waals surface area contributed by atoms with Crippen molar-refractivity contribution in [1.29, 1.82) is 0 Å². The van der Waals surface area contributed by atoms with Gasteiger partial charge in [0.05, 0.1) is 4.92 Å². The summed E-state index contributed by atoms with van der Waals surface area (Å²) in [4.78, 5) is 10.3. The molecule has 0 amide bonds. The lowest BCUT2D eigenvalue weighted by Gasteiger charge is -2.11.